The first kappa shape index (κ1) is 15.3. The van der Waals surface area contributed by atoms with E-state index in [4.69, 9.17) is 14.2 Å². The standard InChI is InChI=1S/C16H25NO3/c1-3-19-8-9-20-12-14-10-13(4-7-16(14)18-2)11-17-15-5-6-15/h4,7,10,15,17H,3,5-6,8-9,11-12H2,1-2H3. The maximum atomic E-state index is 5.63. The highest BCUT2D eigenvalue weighted by Crippen LogP contribution is 2.23. The summed E-state index contributed by atoms with van der Waals surface area (Å²) in [4.78, 5) is 0. The Morgan fingerprint density at radius 1 is 1.20 bits per heavy atom. The van der Waals surface area contributed by atoms with Gasteiger partial charge in [0.2, 0.25) is 0 Å². The number of hydrogen-bond donors (Lipinski definition) is 1. The molecule has 0 spiro atoms. The zero-order valence-electron chi connectivity index (χ0n) is 12.5. The van der Waals surface area contributed by atoms with Crippen LogP contribution in [0.3, 0.4) is 0 Å². The topological polar surface area (TPSA) is 39.7 Å². The van der Waals surface area contributed by atoms with Crippen molar-refractivity contribution in [3.63, 3.8) is 0 Å². The predicted octanol–water partition coefficient (Wildman–Crippen LogP) is 2.50. The minimum Gasteiger partial charge on any atom is -0.496 e. The van der Waals surface area contributed by atoms with Crippen LogP contribution >= 0.6 is 0 Å². The summed E-state index contributed by atoms with van der Waals surface area (Å²) in [5.41, 5.74) is 2.38. The molecule has 0 bridgehead atoms. The molecule has 1 aromatic rings. The zero-order valence-corrected chi connectivity index (χ0v) is 12.5. The first-order chi connectivity index (χ1) is 9.83. The molecule has 0 radical (unpaired) electrons. The molecule has 1 aliphatic rings. The van der Waals surface area contributed by atoms with Crippen LogP contribution < -0.4 is 10.1 Å². The Morgan fingerprint density at radius 2 is 2.00 bits per heavy atom. The average Bonchev–Trinajstić information content (AvgIpc) is 3.29. The van der Waals surface area contributed by atoms with Gasteiger partial charge in [0.1, 0.15) is 5.75 Å². The Labute approximate surface area is 121 Å². The summed E-state index contributed by atoms with van der Waals surface area (Å²) in [6.45, 7) is 5.45. The van der Waals surface area contributed by atoms with Crippen molar-refractivity contribution in [2.45, 2.75) is 39.0 Å². The normalized spacial score (nSPS) is 14.5. The molecule has 0 heterocycles. The second-order valence-electron chi connectivity index (χ2n) is 5.05. The van der Waals surface area contributed by atoms with E-state index in [-0.39, 0.29) is 0 Å². The minimum atomic E-state index is 0.563. The molecule has 4 nitrogen and oxygen atoms in total. The Kier molecular flexibility index (Phi) is 6.30. The van der Waals surface area contributed by atoms with Crippen molar-refractivity contribution in [1.82, 2.24) is 5.32 Å². The second-order valence-corrected chi connectivity index (χ2v) is 5.05. The van der Waals surface area contributed by atoms with Crippen LogP contribution in [-0.2, 0) is 22.6 Å². The number of nitrogens with one attached hydrogen (secondary N) is 1. The predicted molar refractivity (Wildman–Crippen MR) is 79.0 cm³/mol. The van der Waals surface area contributed by atoms with E-state index >= 15 is 0 Å². The maximum Gasteiger partial charge on any atom is 0.124 e. The van der Waals surface area contributed by atoms with Gasteiger partial charge < -0.3 is 19.5 Å². The molecule has 4 heteroatoms. The summed E-state index contributed by atoms with van der Waals surface area (Å²) < 4.78 is 16.3. The van der Waals surface area contributed by atoms with Crippen molar-refractivity contribution in [3.05, 3.63) is 29.3 Å². The fourth-order valence-corrected chi connectivity index (χ4v) is 2.05. The molecule has 1 N–H and O–H groups in total. The third-order valence-corrected chi connectivity index (χ3v) is 3.35. The Morgan fingerprint density at radius 3 is 2.70 bits per heavy atom. The summed E-state index contributed by atoms with van der Waals surface area (Å²) >= 11 is 0. The minimum absolute atomic E-state index is 0.563. The number of methoxy groups -OCH3 is 1. The van der Waals surface area contributed by atoms with Gasteiger partial charge in [-0.2, -0.15) is 0 Å². The molecule has 112 valence electrons. The SMILES string of the molecule is CCOCCOCc1cc(CNC2CC2)ccc1OC. The Bertz CT molecular complexity index is 405. The van der Waals surface area contributed by atoms with E-state index < -0.39 is 0 Å². The van der Waals surface area contributed by atoms with Gasteiger partial charge in [-0.3, -0.25) is 0 Å². The molecule has 2 rings (SSSR count). The summed E-state index contributed by atoms with van der Waals surface area (Å²) in [5, 5.41) is 3.52. The summed E-state index contributed by atoms with van der Waals surface area (Å²) in [6, 6.07) is 7.01. The first-order valence-corrected chi connectivity index (χ1v) is 7.38. The molecular formula is C16H25NO3. The van der Waals surface area contributed by atoms with Crippen LogP contribution in [0, 0.1) is 0 Å². The van der Waals surface area contributed by atoms with E-state index in [9.17, 15) is 0 Å². The number of ether oxygens (including phenoxy) is 3. The molecule has 0 aromatic heterocycles. The lowest BCUT2D eigenvalue weighted by Crippen LogP contribution is -2.15. The van der Waals surface area contributed by atoms with Crippen LogP contribution in [0.15, 0.2) is 18.2 Å². The van der Waals surface area contributed by atoms with Crippen molar-refractivity contribution in [2.75, 3.05) is 26.9 Å². The van der Waals surface area contributed by atoms with Crippen molar-refractivity contribution in [2.24, 2.45) is 0 Å². The van der Waals surface area contributed by atoms with Gasteiger partial charge in [0.25, 0.3) is 0 Å². The molecule has 0 aliphatic heterocycles. The van der Waals surface area contributed by atoms with Gasteiger partial charge in [-0.1, -0.05) is 6.07 Å². The monoisotopic (exact) mass is 279 g/mol. The van der Waals surface area contributed by atoms with Crippen molar-refractivity contribution < 1.29 is 14.2 Å². The summed E-state index contributed by atoms with van der Waals surface area (Å²) in [5.74, 6) is 0.886. The van der Waals surface area contributed by atoms with Gasteiger partial charge >= 0.3 is 0 Å². The summed E-state index contributed by atoms with van der Waals surface area (Å²) in [7, 11) is 1.70. The molecular weight excluding hydrogens is 254 g/mol. The van der Waals surface area contributed by atoms with Gasteiger partial charge in [-0.25, -0.2) is 0 Å². The largest absolute Gasteiger partial charge is 0.496 e. The van der Waals surface area contributed by atoms with Crippen LogP contribution in [0.1, 0.15) is 30.9 Å². The van der Waals surface area contributed by atoms with E-state index in [1.165, 1.54) is 18.4 Å². The second kappa shape index (κ2) is 8.25. The van der Waals surface area contributed by atoms with Gasteiger partial charge in [-0.15, -0.1) is 0 Å². The van der Waals surface area contributed by atoms with Gasteiger partial charge in [0, 0.05) is 24.8 Å². The van der Waals surface area contributed by atoms with Crippen LogP contribution in [0.4, 0.5) is 0 Å². The molecule has 1 saturated carbocycles. The number of hydrogen-bond acceptors (Lipinski definition) is 4. The van der Waals surface area contributed by atoms with Crippen LogP contribution in [0.5, 0.6) is 5.75 Å². The Balaban J connectivity index is 1.84. The molecule has 20 heavy (non-hydrogen) atoms. The summed E-state index contributed by atoms with van der Waals surface area (Å²) in [6.07, 6.45) is 2.62. The smallest absolute Gasteiger partial charge is 0.124 e. The van der Waals surface area contributed by atoms with E-state index in [1.54, 1.807) is 7.11 Å². The highest BCUT2D eigenvalue weighted by molar-refractivity contribution is 5.37. The highest BCUT2D eigenvalue weighted by atomic mass is 16.5. The fraction of sp³-hybridized carbons (Fsp3) is 0.625. The van der Waals surface area contributed by atoms with Crippen LogP contribution in [-0.4, -0.2) is 33.0 Å². The zero-order chi connectivity index (χ0) is 14.2. The lowest BCUT2D eigenvalue weighted by molar-refractivity contribution is 0.0446. The fourth-order valence-electron chi connectivity index (χ4n) is 2.05. The van der Waals surface area contributed by atoms with E-state index in [0.29, 0.717) is 19.8 Å². The average molecular weight is 279 g/mol. The quantitative estimate of drug-likeness (QED) is 0.668. The number of rotatable bonds is 10. The molecule has 0 unspecified atom stereocenters. The highest BCUT2D eigenvalue weighted by Gasteiger charge is 2.20. The van der Waals surface area contributed by atoms with Crippen LogP contribution in [0.25, 0.3) is 0 Å². The molecule has 1 aliphatic carbocycles. The maximum absolute atomic E-state index is 5.63. The lowest BCUT2D eigenvalue weighted by atomic mass is 10.1. The third kappa shape index (κ3) is 5.12. The van der Waals surface area contributed by atoms with Crippen molar-refractivity contribution >= 4 is 0 Å². The molecule has 0 amide bonds. The van der Waals surface area contributed by atoms with E-state index in [1.807, 2.05) is 13.0 Å². The molecule has 0 atom stereocenters. The lowest BCUT2D eigenvalue weighted by Gasteiger charge is -2.12. The first-order valence-electron chi connectivity index (χ1n) is 7.38. The van der Waals surface area contributed by atoms with Gasteiger partial charge in [-0.05, 0) is 37.5 Å². The van der Waals surface area contributed by atoms with Crippen LogP contribution in [0.2, 0.25) is 0 Å². The van der Waals surface area contributed by atoms with Gasteiger partial charge in [0.15, 0.2) is 0 Å². The van der Waals surface area contributed by atoms with E-state index in [2.05, 4.69) is 17.4 Å². The Hall–Kier alpha value is -1.10. The van der Waals surface area contributed by atoms with E-state index in [0.717, 1.165) is 30.5 Å². The van der Waals surface area contributed by atoms with Crippen molar-refractivity contribution in [3.8, 4) is 5.75 Å². The van der Waals surface area contributed by atoms with Crippen molar-refractivity contribution in [1.29, 1.82) is 0 Å². The van der Waals surface area contributed by atoms with Gasteiger partial charge in [0.05, 0.1) is 26.9 Å². The third-order valence-electron chi connectivity index (χ3n) is 3.35. The molecule has 1 fully saturated rings. The number of benzene rings is 1. The molecule has 1 aromatic carbocycles. The molecule has 0 saturated heterocycles.